The van der Waals surface area contributed by atoms with Gasteiger partial charge in [-0.1, -0.05) is 51.1 Å². The van der Waals surface area contributed by atoms with Gasteiger partial charge in [0.1, 0.15) is 5.82 Å². The van der Waals surface area contributed by atoms with Gasteiger partial charge in [-0.25, -0.2) is 15.0 Å². The molecular weight excluding hydrogens is 338 g/mol. The molecule has 1 aromatic carbocycles. The smallest absolute Gasteiger partial charge is 0.165 e. The van der Waals surface area contributed by atoms with Gasteiger partial charge in [-0.3, -0.25) is 0 Å². The molecule has 1 N–H and O–H groups in total. The summed E-state index contributed by atoms with van der Waals surface area (Å²) >= 11 is 0. The van der Waals surface area contributed by atoms with Crippen LogP contribution >= 0.6 is 0 Å². The summed E-state index contributed by atoms with van der Waals surface area (Å²) in [4.78, 5) is 16.5. The fraction of sp³-hybridized carbons (Fsp3) is 0.476. The van der Waals surface area contributed by atoms with Crippen molar-refractivity contribution in [1.82, 2.24) is 19.5 Å². The van der Waals surface area contributed by atoms with Crippen LogP contribution in [0.5, 0.6) is 0 Å². The second-order valence-corrected chi connectivity index (χ2v) is 8.36. The van der Waals surface area contributed by atoms with Crippen molar-refractivity contribution in [2.45, 2.75) is 51.7 Å². The summed E-state index contributed by atoms with van der Waals surface area (Å²) in [5.41, 5.74) is 2.84. The standard InChI is InChI=1S/C21H27N5O/c1-21(2,3)20-23-18(25-12-10-16(27)13-25)17-19(24-20)26(14-22-17)11-9-15-7-5-4-6-8-15/h4-8,14,16,27H,9-13H2,1-3H3. The Hall–Kier alpha value is -2.47. The maximum Gasteiger partial charge on any atom is 0.165 e. The highest BCUT2D eigenvalue weighted by atomic mass is 16.3. The molecule has 1 saturated heterocycles. The van der Waals surface area contributed by atoms with Crippen molar-refractivity contribution in [2.75, 3.05) is 18.0 Å². The maximum absolute atomic E-state index is 9.97. The lowest BCUT2D eigenvalue weighted by Crippen LogP contribution is -2.25. The zero-order valence-corrected chi connectivity index (χ0v) is 16.3. The van der Waals surface area contributed by atoms with Crippen LogP contribution in [0.25, 0.3) is 11.2 Å². The molecule has 1 aliphatic heterocycles. The molecule has 0 spiro atoms. The zero-order valence-electron chi connectivity index (χ0n) is 16.3. The molecule has 3 aromatic rings. The highest BCUT2D eigenvalue weighted by Crippen LogP contribution is 2.29. The van der Waals surface area contributed by atoms with Crippen molar-refractivity contribution in [1.29, 1.82) is 0 Å². The number of nitrogens with zero attached hydrogens (tertiary/aromatic N) is 5. The van der Waals surface area contributed by atoms with E-state index >= 15 is 0 Å². The molecule has 1 unspecified atom stereocenters. The van der Waals surface area contributed by atoms with E-state index in [1.165, 1.54) is 5.56 Å². The quantitative estimate of drug-likeness (QED) is 0.770. The summed E-state index contributed by atoms with van der Waals surface area (Å²) in [6, 6.07) is 10.5. The number of β-amino-alcohol motifs (C(OH)–C–C–N with tert-alkyl or cyclic N) is 1. The molecule has 1 atom stereocenters. The second-order valence-electron chi connectivity index (χ2n) is 8.36. The van der Waals surface area contributed by atoms with E-state index in [4.69, 9.17) is 9.97 Å². The van der Waals surface area contributed by atoms with Crippen LogP contribution in [0.4, 0.5) is 5.82 Å². The molecule has 0 amide bonds. The van der Waals surface area contributed by atoms with Gasteiger partial charge in [0, 0.05) is 25.0 Å². The molecule has 2 aromatic heterocycles. The van der Waals surface area contributed by atoms with Crippen LogP contribution in [-0.4, -0.2) is 43.8 Å². The predicted molar refractivity (Wildman–Crippen MR) is 107 cm³/mol. The zero-order chi connectivity index (χ0) is 19.0. The molecule has 0 aliphatic carbocycles. The van der Waals surface area contributed by atoms with Crippen molar-refractivity contribution < 1.29 is 5.11 Å². The minimum absolute atomic E-state index is 0.157. The van der Waals surface area contributed by atoms with Gasteiger partial charge in [0.2, 0.25) is 0 Å². The van der Waals surface area contributed by atoms with Crippen LogP contribution in [0.3, 0.4) is 0 Å². The first-order chi connectivity index (χ1) is 12.9. The van der Waals surface area contributed by atoms with E-state index in [9.17, 15) is 5.11 Å². The molecule has 4 rings (SSSR count). The molecule has 27 heavy (non-hydrogen) atoms. The molecule has 6 nitrogen and oxygen atoms in total. The van der Waals surface area contributed by atoms with Crippen LogP contribution in [-0.2, 0) is 18.4 Å². The van der Waals surface area contributed by atoms with Crippen LogP contribution in [0, 0.1) is 0 Å². The third-order valence-electron chi connectivity index (χ3n) is 5.06. The third-order valence-corrected chi connectivity index (χ3v) is 5.06. The molecule has 142 valence electrons. The van der Waals surface area contributed by atoms with E-state index in [-0.39, 0.29) is 11.5 Å². The Kier molecular flexibility index (Phi) is 4.60. The molecule has 3 heterocycles. The van der Waals surface area contributed by atoms with E-state index in [0.717, 1.165) is 48.7 Å². The average molecular weight is 365 g/mol. The minimum atomic E-state index is -0.298. The summed E-state index contributed by atoms with van der Waals surface area (Å²) in [6.07, 6.45) is 3.27. The monoisotopic (exact) mass is 365 g/mol. The SMILES string of the molecule is CC(C)(C)c1nc(N2CCC(O)C2)c2ncn(CCc3ccccc3)c2n1. The topological polar surface area (TPSA) is 67.1 Å². The Morgan fingerprint density at radius 2 is 1.93 bits per heavy atom. The number of anilines is 1. The highest BCUT2D eigenvalue weighted by Gasteiger charge is 2.28. The van der Waals surface area contributed by atoms with Crippen molar-refractivity contribution in [3.8, 4) is 0 Å². The fourth-order valence-corrected chi connectivity index (χ4v) is 3.48. The normalized spacial score (nSPS) is 17.8. The first kappa shape index (κ1) is 17.9. The number of aromatic nitrogens is 4. The van der Waals surface area contributed by atoms with Gasteiger partial charge >= 0.3 is 0 Å². The van der Waals surface area contributed by atoms with E-state index in [2.05, 4.69) is 59.5 Å². The first-order valence-corrected chi connectivity index (χ1v) is 9.62. The van der Waals surface area contributed by atoms with Gasteiger partial charge in [-0.15, -0.1) is 0 Å². The number of imidazole rings is 1. The number of aliphatic hydroxyl groups excluding tert-OH is 1. The molecular formula is C21H27N5O. The maximum atomic E-state index is 9.97. The van der Waals surface area contributed by atoms with Gasteiger partial charge in [0.05, 0.1) is 12.4 Å². The summed E-state index contributed by atoms with van der Waals surface area (Å²) in [6.45, 7) is 8.61. The van der Waals surface area contributed by atoms with Crippen LogP contribution in [0.2, 0.25) is 0 Å². The Morgan fingerprint density at radius 1 is 1.15 bits per heavy atom. The van der Waals surface area contributed by atoms with Gasteiger partial charge in [0.25, 0.3) is 0 Å². The Balaban J connectivity index is 1.73. The summed E-state index contributed by atoms with van der Waals surface area (Å²) in [5, 5.41) is 9.97. The number of aryl methyl sites for hydroxylation is 2. The lowest BCUT2D eigenvalue weighted by molar-refractivity contribution is 0.198. The number of fused-ring (bicyclic) bond motifs is 1. The van der Waals surface area contributed by atoms with Crippen molar-refractivity contribution in [3.05, 3.63) is 48.0 Å². The Bertz CT molecular complexity index is 929. The van der Waals surface area contributed by atoms with Crippen molar-refractivity contribution in [2.24, 2.45) is 0 Å². The highest BCUT2D eigenvalue weighted by molar-refractivity contribution is 5.84. The molecule has 1 fully saturated rings. The Morgan fingerprint density at radius 3 is 2.59 bits per heavy atom. The third kappa shape index (κ3) is 3.67. The summed E-state index contributed by atoms with van der Waals surface area (Å²) < 4.78 is 2.12. The van der Waals surface area contributed by atoms with E-state index < -0.39 is 0 Å². The molecule has 0 radical (unpaired) electrons. The first-order valence-electron chi connectivity index (χ1n) is 9.62. The predicted octanol–water partition coefficient (Wildman–Crippen LogP) is 2.94. The average Bonchev–Trinajstić information content (AvgIpc) is 3.25. The lowest BCUT2D eigenvalue weighted by Gasteiger charge is -2.22. The van der Waals surface area contributed by atoms with Gasteiger partial charge in [0.15, 0.2) is 17.0 Å². The largest absolute Gasteiger partial charge is 0.391 e. The van der Waals surface area contributed by atoms with Gasteiger partial charge in [-0.2, -0.15) is 0 Å². The van der Waals surface area contributed by atoms with E-state index in [1.54, 1.807) is 0 Å². The van der Waals surface area contributed by atoms with E-state index in [1.807, 2.05) is 12.4 Å². The number of rotatable bonds is 4. The molecule has 0 bridgehead atoms. The molecule has 1 aliphatic rings. The van der Waals surface area contributed by atoms with Crippen LogP contribution in [0.1, 0.15) is 38.6 Å². The number of aliphatic hydroxyl groups is 1. The lowest BCUT2D eigenvalue weighted by atomic mass is 9.96. The van der Waals surface area contributed by atoms with Gasteiger partial charge < -0.3 is 14.6 Å². The minimum Gasteiger partial charge on any atom is -0.391 e. The number of benzene rings is 1. The molecule has 0 saturated carbocycles. The van der Waals surface area contributed by atoms with Gasteiger partial charge in [-0.05, 0) is 18.4 Å². The Labute approximate surface area is 159 Å². The van der Waals surface area contributed by atoms with Crippen molar-refractivity contribution in [3.63, 3.8) is 0 Å². The molecule has 6 heteroatoms. The van der Waals surface area contributed by atoms with Crippen molar-refractivity contribution >= 4 is 17.0 Å². The fourth-order valence-electron chi connectivity index (χ4n) is 3.48. The number of hydrogen-bond acceptors (Lipinski definition) is 5. The number of hydrogen-bond donors (Lipinski definition) is 1. The summed E-state index contributed by atoms with van der Waals surface area (Å²) in [7, 11) is 0. The van der Waals surface area contributed by atoms with Crippen LogP contribution < -0.4 is 4.90 Å². The second kappa shape index (κ2) is 6.93. The summed E-state index contributed by atoms with van der Waals surface area (Å²) in [5.74, 6) is 1.66. The van der Waals surface area contributed by atoms with Crippen LogP contribution in [0.15, 0.2) is 36.7 Å². The van der Waals surface area contributed by atoms with E-state index in [0.29, 0.717) is 6.54 Å².